The second-order valence-electron chi connectivity index (χ2n) is 8.94. The Morgan fingerprint density at radius 2 is 1.81 bits per heavy atom. The number of rotatable bonds is 8. The summed E-state index contributed by atoms with van der Waals surface area (Å²) in [5.41, 5.74) is 1.05. The molecule has 1 aromatic heterocycles. The summed E-state index contributed by atoms with van der Waals surface area (Å²) in [6.45, 7) is 3.17. The number of nitrogens with one attached hydrogen (secondary N) is 4. The van der Waals surface area contributed by atoms with Crippen LogP contribution >= 0.6 is 11.8 Å². The Bertz CT molecular complexity index is 1200. The van der Waals surface area contributed by atoms with Gasteiger partial charge >= 0.3 is 51.4 Å². The molecule has 11 nitrogen and oxygen atoms in total. The van der Waals surface area contributed by atoms with Gasteiger partial charge in [-0.1, -0.05) is 30.3 Å². The number of carbonyl (C=O) groups is 4. The van der Waals surface area contributed by atoms with Crippen molar-refractivity contribution in [1.82, 2.24) is 25.8 Å². The number of thioether (sulfide) groups is 1. The third kappa shape index (κ3) is 6.24. The van der Waals surface area contributed by atoms with Gasteiger partial charge in [0.15, 0.2) is 0 Å². The number of fused-ring (bicyclic) bond motifs is 1. The van der Waals surface area contributed by atoms with Crippen molar-refractivity contribution >= 4 is 41.3 Å². The molecule has 0 saturated carbocycles. The summed E-state index contributed by atoms with van der Waals surface area (Å²) in [5, 5.41) is 27.2. The molecule has 37 heavy (non-hydrogen) atoms. The molecule has 2 aliphatic rings. The number of carbonyl (C=O) groups excluding carboxylic acids is 4. The van der Waals surface area contributed by atoms with E-state index in [2.05, 4.69) is 20.9 Å². The molecule has 2 aliphatic heterocycles. The number of aromatic nitrogens is 1. The first-order valence-corrected chi connectivity index (χ1v) is 12.1. The van der Waals surface area contributed by atoms with Crippen molar-refractivity contribution in [3.8, 4) is 0 Å². The monoisotopic (exact) mass is 548 g/mol. The van der Waals surface area contributed by atoms with Crippen molar-refractivity contribution in [3.63, 3.8) is 0 Å². The van der Waals surface area contributed by atoms with Gasteiger partial charge in [-0.05, 0) is 31.5 Å². The fraction of sp³-hybridized carbons (Fsp3) is 0.333. The van der Waals surface area contributed by atoms with E-state index in [1.165, 1.54) is 29.1 Å². The number of hydrogen-bond acceptors (Lipinski definition) is 8. The molecule has 4 atom stereocenters. The minimum absolute atomic E-state index is 0. The number of pyridine rings is 1. The number of carboxylic acid groups (broad SMARTS) is 1. The molecule has 2 saturated heterocycles. The van der Waals surface area contributed by atoms with Crippen LogP contribution < -0.4 is 72.4 Å². The molecule has 0 bridgehead atoms. The number of benzene rings is 1. The van der Waals surface area contributed by atoms with Gasteiger partial charge in [-0.25, -0.2) is 0 Å². The van der Waals surface area contributed by atoms with E-state index in [4.69, 9.17) is 5.41 Å². The number of hydrogen-bond donors (Lipinski definition) is 4. The molecule has 3 heterocycles. The fourth-order valence-electron chi connectivity index (χ4n) is 4.31. The average Bonchev–Trinajstić information content (AvgIpc) is 3.13. The maximum atomic E-state index is 13.2. The Morgan fingerprint density at radius 3 is 2.43 bits per heavy atom. The molecule has 0 spiro atoms. The fourth-order valence-corrected chi connectivity index (χ4v) is 5.93. The summed E-state index contributed by atoms with van der Waals surface area (Å²) >= 11 is 1.28. The summed E-state index contributed by atoms with van der Waals surface area (Å²) in [4.78, 5) is 55.4. The largest absolute Gasteiger partial charge is 1.00 e. The molecule has 188 valence electrons. The average molecular weight is 549 g/mol. The van der Waals surface area contributed by atoms with Crippen LogP contribution in [0.5, 0.6) is 0 Å². The van der Waals surface area contributed by atoms with Crippen molar-refractivity contribution < 1.29 is 75.7 Å². The van der Waals surface area contributed by atoms with Crippen LogP contribution in [0.2, 0.25) is 0 Å². The summed E-state index contributed by atoms with van der Waals surface area (Å²) in [6.07, 6.45) is 3.06. The SMILES string of the molecule is CC1(C)S[C@@H]2[C@H](NC(=O)C(NC(=O)CNC(=N)c3ccncc3)c3ccccc3)C(=O)N2[C@H]1C(=O)[O-].[K+]. The molecule has 4 rings (SSSR count). The topological polar surface area (TPSA) is 167 Å². The Kier molecular flexibility index (Phi) is 9.53. The van der Waals surface area contributed by atoms with Gasteiger partial charge in [-0.2, -0.15) is 0 Å². The zero-order valence-corrected chi connectivity index (χ0v) is 24.5. The van der Waals surface area contributed by atoms with E-state index in [1.807, 2.05) is 0 Å². The van der Waals surface area contributed by atoms with E-state index in [9.17, 15) is 24.3 Å². The van der Waals surface area contributed by atoms with E-state index < -0.39 is 51.9 Å². The van der Waals surface area contributed by atoms with Crippen LogP contribution in [0.15, 0.2) is 54.9 Å². The van der Waals surface area contributed by atoms with Gasteiger partial charge in [0, 0.05) is 22.7 Å². The van der Waals surface area contributed by atoms with Crippen LogP contribution in [0, 0.1) is 5.41 Å². The molecule has 2 fully saturated rings. The molecule has 1 aromatic carbocycles. The smallest absolute Gasteiger partial charge is 0.548 e. The summed E-state index contributed by atoms with van der Waals surface area (Å²) in [5.74, 6) is -2.96. The minimum Gasteiger partial charge on any atom is -0.548 e. The third-order valence-electron chi connectivity index (χ3n) is 6.06. The number of carboxylic acids is 1. The molecule has 0 aliphatic carbocycles. The minimum atomic E-state index is -1.34. The number of nitrogens with zero attached hydrogens (tertiary/aromatic N) is 2. The van der Waals surface area contributed by atoms with Crippen molar-refractivity contribution in [1.29, 1.82) is 5.41 Å². The van der Waals surface area contributed by atoms with Crippen LogP contribution in [0.4, 0.5) is 0 Å². The van der Waals surface area contributed by atoms with E-state index in [1.54, 1.807) is 56.3 Å². The number of β-lactam (4-membered cyclic amide) rings is 1. The van der Waals surface area contributed by atoms with Gasteiger partial charge in [0.2, 0.25) is 17.7 Å². The van der Waals surface area contributed by atoms with Gasteiger partial charge < -0.3 is 30.8 Å². The van der Waals surface area contributed by atoms with Crippen LogP contribution in [0.3, 0.4) is 0 Å². The van der Waals surface area contributed by atoms with E-state index in [-0.39, 0.29) is 63.8 Å². The first-order chi connectivity index (χ1) is 17.1. The van der Waals surface area contributed by atoms with Gasteiger partial charge in [-0.15, -0.1) is 11.8 Å². The first-order valence-electron chi connectivity index (χ1n) is 11.2. The maximum Gasteiger partial charge on any atom is 1.00 e. The second kappa shape index (κ2) is 12.0. The molecular weight excluding hydrogens is 523 g/mol. The van der Waals surface area contributed by atoms with E-state index >= 15 is 0 Å². The molecular formula is C24H25KN6O5S. The summed E-state index contributed by atoms with van der Waals surface area (Å²) in [7, 11) is 0. The quantitative estimate of drug-likeness (QED) is 0.113. The molecule has 4 N–H and O–H groups in total. The molecule has 1 unspecified atom stereocenters. The van der Waals surface area contributed by atoms with Crippen LogP contribution in [0.1, 0.15) is 31.0 Å². The van der Waals surface area contributed by atoms with Crippen molar-refractivity contribution in [2.75, 3.05) is 6.54 Å². The van der Waals surface area contributed by atoms with Crippen LogP contribution in [0.25, 0.3) is 0 Å². The maximum absolute atomic E-state index is 13.2. The molecule has 0 radical (unpaired) electrons. The van der Waals surface area contributed by atoms with Gasteiger partial charge in [0.1, 0.15) is 23.3 Å². The predicted molar refractivity (Wildman–Crippen MR) is 129 cm³/mol. The Balaban J connectivity index is 0.00000380. The standard InChI is InChI=1S/C24H26N6O5S.K/c1-24(2)18(23(34)35)30-21(33)17(22(30)36-24)29-20(32)16(13-6-4-3-5-7-13)28-15(31)12-27-19(25)14-8-10-26-11-9-14;/h3-11,16-18,22H,12H2,1-2H3,(H2,25,27)(H,28,31)(H,29,32)(H,34,35);/q;+1/p-1/t16?,17-,18+,22-;/m1./s1. The first kappa shape index (κ1) is 29.3. The Morgan fingerprint density at radius 1 is 1.16 bits per heavy atom. The predicted octanol–water partition coefficient (Wildman–Crippen LogP) is -3.84. The zero-order valence-electron chi connectivity index (χ0n) is 20.6. The van der Waals surface area contributed by atoms with Crippen molar-refractivity contribution in [3.05, 3.63) is 66.0 Å². The number of amidine groups is 1. The van der Waals surface area contributed by atoms with Gasteiger partial charge in [-0.3, -0.25) is 24.8 Å². The Hall–Kier alpha value is -2.29. The van der Waals surface area contributed by atoms with E-state index in [0.29, 0.717) is 11.1 Å². The Labute approximate surface area is 260 Å². The molecule has 2 aromatic rings. The number of aliphatic carboxylic acids is 1. The molecule has 3 amide bonds. The summed E-state index contributed by atoms with van der Waals surface area (Å²) in [6, 6.07) is 8.67. The third-order valence-corrected chi connectivity index (χ3v) is 7.63. The summed E-state index contributed by atoms with van der Waals surface area (Å²) < 4.78 is -0.781. The van der Waals surface area contributed by atoms with Gasteiger partial charge in [0.05, 0.1) is 18.6 Å². The van der Waals surface area contributed by atoms with E-state index in [0.717, 1.165) is 0 Å². The second-order valence-corrected chi connectivity index (χ2v) is 10.7. The van der Waals surface area contributed by atoms with Crippen LogP contribution in [-0.4, -0.2) is 68.2 Å². The van der Waals surface area contributed by atoms with Crippen LogP contribution in [-0.2, 0) is 19.2 Å². The normalized spacial score (nSPS) is 21.9. The van der Waals surface area contributed by atoms with Crippen molar-refractivity contribution in [2.24, 2.45) is 0 Å². The van der Waals surface area contributed by atoms with Crippen molar-refractivity contribution in [2.45, 2.75) is 42.1 Å². The van der Waals surface area contributed by atoms with Gasteiger partial charge in [0.25, 0.3) is 0 Å². The number of amides is 3. The zero-order chi connectivity index (χ0) is 26.0. The molecule has 13 heteroatoms.